The average molecular weight is 245 g/mol. The lowest BCUT2D eigenvalue weighted by molar-refractivity contribution is -0.141. The van der Waals surface area contributed by atoms with Gasteiger partial charge in [-0.1, -0.05) is 6.92 Å². The highest BCUT2D eigenvalue weighted by atomic mass is 32.2. The van der Waals surface area contributed by atoms with Crippen LogP contribution in [0, 0.1) is 11.8 Å². The smallest absolute Gasteiger partial charge is 0.308 e. The fraction of sp³-hybridized carbons (Fsp3) is 0.818. The van der Waals surface area contributed by atoms with E-state index < -0.39 is 11.9 Å². The first-order valence-corrected chi connectivity index (χ1v) is 6.82. The molecular weight excluding hydrogens is 226 g/mol. The fourth-order valence-corrected chi connectivity index (χ4v) is 2.84. The van der Waals surface area contributed by atoms with E-state index in [1.54, 1.807) is 6.92 Å². The van der Waals surface area contributed by atoms with Crippen molar-refractivity contribution in [3.8, 4) is 0 Å². The van der Waals surface area contributed by atoms with Crippen molar-refractivity contribution >= 4 is 23.6 Å². The van der Waals surface area contributed by atoms with Gasteiger partial charge in [0.1, 0.15) is 0 Å². The number of thioether (sulfide) groups is 1. The molecule has 0 aromatic heterocycles. The Bertz CT molecular complexity index is 252. The molecule has 1 fully saturated rings. The molecule has 4 nitrogen and oxygen atoms in total. The number of carboxylic acid groups (broad SMARTS) is 1. The van der Waals surface area contributed by atoms with Crippen LogP contribution in [0.1, 0.15) is 26.2 Å². The highest BCUT2D eigenvalue weighted by molar-refractivity contribution is 7.99. The minimum Gasteiger partial charge on any atom is -0.481 e. The van der Waals surface area contributed by atoms with Crippen molar-refractivity contribution in [2.24, 2.45) is 11.8 Å². The lowest BCUT2D eigenvalue weighted by Gasteiger charge is -2.20. The molecule has 1 aliphatic heterocycles. The van der Waals surface area contributed by atoms with E-state index in [0.29, 0.717) is 12.3 Å². The van der Waals surface area contributed by atoms with Crippen LogP contribution in [0.3, 0.4) is 0 Å². The summed E-state index contributed by atoms with van der Waals surface area (Å²) in [6, 6.07) is 0. The van der Waals surface area contributed by atoms with Crippen molar-refractivity contribution in [2.75, 3.05) is 18.1 Å². The zero-order chi connectivity index (χ0) is 12.0. The monoisotopic (exact) mass is 245 g/mol. The lowest BCUT2D eigenvalue weighted by Crippen LogP contribution is -2.33. The number of nitrogens with one attached hydrogen (secondary N) is 1. The highest BCUT2D eigenvalue weighted by Gasteiger charge is 2.18. The average Bonchev–Trinajstić information content (AvgIpc) is 2.27. The van der Waals surface area contributed by atoms with E-state index in [-0.39, 0.29) is 12.5 Å². The highest BCUT2D eigenvalue weighted by Crippen LogP contribution is 2.24. The lowest BCUT2D eigenvalue weighted by atomic mass is 9.98. The van der Waals surface area contributed by atoms with Crippen molar-refractivity contribution < 1.29 is 14.7 Å². The number of carbonyl (C=O) groups is 2. The fourth-order valence-electron chi connectivity index (χ4n) is 1.64. The summed E-state index contributed by atoms with van der Waals surface area (Å²) in [6.45, 7) is 1.83. The van der Waals surface area contributed by atoms with Crippen molar-refractivity contribution in [1.29, 1.82) is 0 Å². The predicted molar refractivity (Wildman–Crippen MR) is 64.5 cm³/mol. The molecule has 1 heterocycles. The number of carbonyl (C=O) groups excluding carboxylic acids is 1. The van der Waals surface area contributed by atoms with Crippen molar-refractivity contribution in [1.82, 2.24) is 5.32 Å². The van der Waals surface area contributed by atoms with Gasteiger partial charge in [-0.15, -0.1) is 0 Å². The van der Waals surface area contributed by atoms with Gasteiger partial charge < -0.3 is 10.4 Å². The third-order valence-corrected chi connectivity index (χ3v) is 3.89. The van der Waals surface area contributed by atoms with Gasteiger partial charge in [0.25, 0.3) is 0 Å². The minimum atomic E-state index is -0.866. The van der Waals surface area contributed by atoms with Gasteiger partial charge in [-0.2, -0.15) is 11.8 Å². The maximum atomic E-state index is 11.5. The molecule has 1 rings (SSSR count). The minimum absolute atomic E-state index is 0.00926. The Balaban J connectivity index is 2.17. The summed E-state index contributed by atoms with van der Waals surface area (Å²) in [4.78, 5) is 22.1. The zero-order valence-electron chi connectivity index (χ0n) is 9.57. The maximum absolute atomic E-state index is 11.5. The number of amides is 1. The third kappa shape index (κ3) is 4.88. The van der Waals surface area contributed by atoms with Crippen LogP contribution in [0.4, 0.5) is 0 Å². The van der Waals surface area contributed by atoms with Crippen LogP contribution in [-0.2, 0) is 9.59 Å². The molecule has 0 bridgehead atoms. The molecule has 0 aliphatic carbocycles. The predicted octanol–water partition coefficient (Wildman–Crippen LogP) is 1.36. The summed E-state index contributed by atoms with van der Waals surface area (Å²) >= 11 is 1.94. The van der Waals surface area contributed by atoms with Gasteiger partial charge in [0.05, 0.1) is 5.92 Å². The first-order valence-electron chi connectivity index (χ1n) is 5.67. The zero-order valence-corrected chi connectivity index (χ0v) is 10.4. The molecule has 0 spiro atoms. The second-order valence-corrected chi connectivity index (χ2v) is 5.53. The number of hydrogen-bond acceptors (Lipinski definition) is 3. The van der Waals surface area contributed by atoms with Crippen LogP contribution < -0.4 is 5.32 Å². The number of carboxylic acids is 1. The summed E-state index contributed by atoms with van der Waals surface area (Å²) < 4.78 is 0. The van der Waals surface area contributed by atoms with Crippen molar-refractivity contribution in [3.05, 3.63) is 0 Å². The van der Waals surface area contributed by atoms with Crippen molar-refractivity contribution in [2.45, 2.75) is 26.2 Å². The van der Waals surface area contributed by atoms with E-state index in [0.717, 1.165) is 24.3 Å². The van der Waals surface area contributed by atoms with Gasteiger partial charge in [-0.3, -0.25) is 9.59 Å². The van der Waals surface area contributed by atoms with E-state index in [9.17, 15) is 9.59 Å². The van der Waals surface area contributed by atoms with Gasteiger partial charge in [0.2, 0.25) is 5.91 Å². The molecule has 2 N–H and O–H groups in total. The molecular formula is C11H19NO3S. The second kappa shape index (κ2) is 6.78. The summed E-state index contributed by atoms with van der Waals surface area (Å²) in [5.41, 5.74) is 0. The molecule has 16 heavy (non-hydrogen) atoms. The van der Waals surface area contributed by atoms with Crippen LogP contribution in [-0.4, -0.2) is 35.0 Å². The molecule has 1 saturated heterocycles. The van der Waals surface area contributed by atoms with E-state index in [4.69, 9.17) is 5.11 Å². The Morgan fingerprint density at radius 3 is 2.62 bits per heavy atom. The number of aliphatic carboxylic acids is 1. The van der Waals surface area contributed by atoms with Crippen LogP contribution in [0.5, 0.6) is 0 Å². The summed E-state index contributed by atoms with van der Waals surface area (Å²) in [6.07, 6.45) is 2.76. The molecule has 5 heteroatoms. The SMILES string of the molecule is CC(CNC(=O)CC1CCSCC1)C(=O)O. The Morgan fingerprint density at radius 1 is 1.44 bits per heavy atom. The van der Waals surface area contributed by atoms with Crippen molar-refractivity contribution in [3.63, 3.8) is 0 Å². The van der Waals surface area contributed by atoms with Gasteiger partial charge in [0.15, 0.2) is 0 Å². The molecule has 92 valence electrons. The molecule has 0 radical (unpaired) electrons. The van der Waals surface area contributed by atoms with Gasteiger partial charge >= 0.3 is 5.97 Å². The summed E-state index contributed by atoms with van der Waals surface area (Å²) in [5, 5.41) is 11.3. The van der Waals surface area contributed by atoms with Gasteiger partial charge in [0, 0.05) is 13.0 Å². The normalized spacial score (nSPS) is 19.1. The van der Waals surface area contributed by atoms with Crippen LogP contribution >= 0.6 is 11.8 Å². The third-order valence-electron chi connectivity index (χ3n) is 2.84. The van der Waals surface area contributed by atoms with E-state index in [1.165, 1.54) is 0 Å². The number of hydrogen-bond donors (Lipinski definition) is 2. The largest absolute Gasteiger partial charge is 0.481 e. The first kappa shape index (κ1) is 13.4. The molecule has 1 amide bonds. The van der Waals surface area contributed by atoms with Gasteiger partial charge in [-0.05, 0) is 30.3 Å². The molecule has 1 atom stereocenters. The topological polar surface area (TPSA) is 66.4 Å². The maximum Gasteiger partial charge on any atom is 0.308 e. The van der Waals surface area contributed by atoms with E-state index in [2.05, 4.69) is 5.32 Å². The van der Waals surface area contributed by atoms with Crippen LogP contribution in [0.2, 0.25) is 0 Å². The molecule has 0 saturated carbocycles. The van der Waals surface area contributed by atoms with E-state index >= 15 is 0 Å². The Morgan fingerprint density at radius 2 is 2.06 bits per heavy atom. The second-order valence-electron chi connectivity index (χ2n) is 4.30. The molecule has 1 unspecified atom stereocenters. The summed E-state index contributed by atoms with van der Waals surface area (Å²) in [5.74, 6) is 1.39. The van der Waals surface area contributed by atoms with Gasteiger partial charge in [-0.25, -0.2) is 0 Å². The van der Waals surface area contributed by atoms with Crippen LogP contribution in [0.25, 0.3) is 0 Å². The summed E-state index contributed by atoms with van der Waals surface area (Å²) in [7, 11) is 0. The first-order chi connectivity index (χ1) is 7.59. The Kier molecular flexibility index (Phi) is 5.66. The molecule has 0 aromatic rings. The Hall–Kier alpha value is -0.710. The van der Waals surface area contributed by atoms with E-state index in [1.807, 2.05) is 11.8 Å². The standard InChI is InChI=1S/C11H19NO3S/c1-8(11(14)15)7-12-10(13)6-9-2-4-16-5-3-9/h8-9H,2-7H2,1H3,(H,12,13)(H,14,15). The number of rotatable bonds is 5. The quantitative estimate of drug-likeness (QED) is 0.767. The Labute approximate surface area is 100 Å². The molecule has 0 aromatic carbocycles. The molecule has 1 aliphatic rings. The van der Waals surface area contributed by atoms with Crippen LogP contribution in [0.15, 0.2) is 0 Å².